The predicted molar refractivity (Wildman–Crippen MR) is 133 cm³/mol. The number of carbonyl (C=O) groups is 2. The van der Waals surface area contributed by atoms with Gasteiger partial charge in [-0.3, -0.25) is 28.8 Å². The molecule has 2 N–H and O–H groups in total. The van der Waals surface area contributed by atoms with Crippen LogP contribution in [0.5, 0.6) is 5.88 Å². The van der Waals surface area contributed by atoms with E-state index < -0.39 is 23.1 Å². The SMILES string of the molecule is O=C(CCO)N1CN(C(=O)CCO)c2cc(Cn3cnc(OCc4ccc(F)cc4F)c(Cl)c3=O)ccc21. The van der Waals surface area contributed by atoms with Gasteiger partial charge in [-0.15, -0.1) is 0 Å². The Morgan fingerprint density at radius 2 is 1.68 bits per heavy atom. The second-order valence-corrected chi connectivity index (χ2v) is 8.75. The second-order valence-electron chi connectivity index (χ2n) is 8.38. The summed E-state index contributed by atoms with van der Waals surface area (Å²) in [5.74, 6) is -2.53. The molecule has 0 saturated heterocycles. The molecule has 0 aliphatic carbocycles. The fourth-order valence-electron chi connectivity index (χ4n) is 3.94. The molecule has 0 fully saturated rings. The summed E-state index contributed by atoms with van der Waals surface area (Å²) >= 11 is 6.16. The van der Waals surface area contributed by atoms with E-state index in [1.54, 1.807) is 18.2 Å². The Bertz CT molecular complexity index is 1430. The van der Waals surface area contributed by atoms with Crippen molar-refractivity contribution < 1.29 is 33.3 Å². The van der Waals surface area contributed by atoms with Crippen LogP contribution in [0.3, 0.4) is 0 Å². The van der Waals surface area contributed by atoms with Gasteiger partial charge in [-0.1, -0.05) is 17.7 Å². The predicted octanol–water partition coefficient (Wildman–Crippen LogP) is 2.20. The summed E-state index contributed by atoms with van der Waals surface area (Å²) < 4.78 is 33.5. The third-order valence-corrected chi connectivity index (χ3v) is 6.16. The van der Waals surface area contributed by atoms with Crippen LogP contribution in [-0.2, 0) is 22.7 Å². The summed E-state index contributed by atoms with van der Waals surface area (Å²) in [6, 6.07) is 7.93. The van der Waals surface area contributed by atoms with Gasteiger partial charge >= 0.3 is 0 Å². The highest BCUT2D eigenvalue weighted by molar-refractivity contribution is 6.31. The first-order chi connectivity index (χ1) is 18.2. The number of aromatic nitrogens is 2. The molecule has 1 aliphatic heterocycles. The summed E-state index contributed by atoms with van der Waals surface area (Å²) in [5.41, 5.74) is 0.881. The van der Waals surface area contributed by atoms with Crippen molar-refractivity contribution in [2.45, 2.75) is 26.0 Å². The Balaban J connectivity index is 1.56. The molecule has 10 nitrogen and oxygen atoms in total. The maximum Gasteiger partial charge on any atom is 0.276 e. The van der Waals surface area contributed by atoms with E-state index in [1.165, 1.54) is 26.8 Å². The normalized spacial score (nSPS) is 12.6. The number of hydrogen-bond acceptors (Lipinski definition) is 7. The zero-order valence-corrected chi connectivity index (χ0v) is 20.7. The number of ether oxygens (including phenoxy) is 1. The number of benzene rings is 2. The van der Waals surface area contributed by atoms with Crippen LogP contribution < -0.4 is 20.1 Å². The van der Waals surface area contributed by atoms with E-state index in [0.29, 0.717) is 23.0 Å². The number of hydrogen-bond donors (Lipinski definition) is 2. The van der Waals surface area contributed by atoms with Crippen molar-refractivity contribution in [3.63, 3.8) is 0 Å². The van der Waals surface area contributed by atoms with Crippen LogP contribution in [-0.4, -0.2) is 51.5 Å². The zero-order valence-electron chi connectivity index (χ0n) is 19.9. The van der Waals surface area contributed by atoms with E-state index in [2.05, 4.69) is 4.98 Å². The fourth-order valence-corrected chi connectivity index (χ4v) is 4.15. The molecule has 13 heteroatoms. The van der Waals surface area contributed by atoms with Crippen molar-refractivity contribution in [3.05, 3.63) is 80.9 Å². The molecule has 2 amide bonds. The first-order valence-corrected chi connectivity index (χ1v) is 11.9. The Hall–Kier alpha value is -3.87. The van der Waals surface area contributed by atoms with Crippen LogP contribution in [0.1, 0.15) is 24.0 Å². The molecule has 0 unspecified atom stereocenters. The number of halogens is 3. The summed E-state index contributed by atoms with van der Waals surface area (Å²) in [6.07, 6.45) is 0.933. The van der Waals surface area contributed by atoms with E-state index in [1.807, 2.05) is 0 Å². The number of nitrogens with zero attached hydrogens (tertiary/aromatic N) is 4. The molecule has 0 saturated carbocycles. The standard InChI is InChI=1S/C25H23ClF2N4O6/c26-23-24(38-12-16-2-3-17(27)10-18(16)28)29-13-30(25(23)37)11-15-1-4-19-20(9-15)32(22(36)6-8-34)14-31(19)21(35)5-7-33/h1-4,9-10,13,33-34H,5-8,11-12,14H2. The lowest BCUT2D eigenvalue weighted by atomic mass is 10.1. The lowest BCUT2D eigenvalue weighted by Crippen LogP contribution is -2.39. The quantitative estimate of drug-likeness (QED) is 0.420. The summed E-state index contributed by atoms with van der Waals surface area (Å²) in [7, 11) is 0. The smallest absolute Gasteiger partial charge is 0.276 e. The Morgan fingerprint density at radius 1 is 1.00 bits per heavy atom. The van der Waals surface area contributed by atoms with E-state index in [0.717, 1.165) is 6.07 Å². The summed E-state index contributed by atoms with van der Waals surface area (Å²) in [6.45, 7) is -1.08. The van der Waals surface area contributed by atoms with Crippen molar-refractivity contribution in [2.24, 2.45) is 0 Å². The van der Waals surface area contributed by atoms with Gasteiger partial charge in [0.2, 0.25) is 17.7 Å². The Kier molecular flexibility index (Phi) is 8.35. The topological polar surface area (TPSA) is 125 Å². The van der Waals surface area contributed by atoms with Gasteiger partial charge in [-0.25, -0.2) is 13.8 Å². The summed E-state index contributed by atoms with van der Waals surface area (Å²) in [4.78, 5) is 44.6. The number of anilines is 2. The fraction of sp³-hybridized carbons (Fsp3) is 0.280. The van der Waals surface area contributed by atoms with Gasteiger partial charge in [0.1, 0.15) is 31.2 Å². The van der Waals surface area contributed by atoms with Crippen molar-refractivity contribution in [3.8, 4) is 5.88 Å². The van der Waals surface area contributed by atoms with Gasteiger partial charge in [-0.2, -0.15) is 0 Å². The van der Waals surface area contributed by atoms with Crippen LogP contribution in [0.25, 0.3) is 0 Å². The van der Waals surface area contributed by atoms with Gasteiger partial charge in [0.25, 0.3) is 5.56 Å². The molecule has 0 spiro atoms. The van der Waals surface area contributed by atoms with Gasteiger partial charge in [-0.05, 0) is 29.8 Å². The van der Waals surface area contributed by atoms with Crippen molar-refractivity contribution in [1.82, 2.24) is 9.55 Å². The minimum atomic E-state index is -0.811. The first kappa shape index (κ1) is 27.2. The Morgan fingerprint density at radius 3 is 2.34 bits per heavy atom. The highest BCUT2D eigenvalue weighted by Crippen LogP contribution is 2.37. The van der Waals surface area contributed by atoms with Crippen LogP contribution in [0, 0.1) is 11.6 Å². The minimum absolute atomic E-state index is 0.0122. The number of rotatable bonds is 9. The highest BCUT2D eigenvalue weighted by Gasteiger charge is 2.33. The maximum atomic E-state index is 13.9. The largest absolute Gasteiger partial charge is 0.471 e. The van der Waals surface area contributed by atoms with Gasteiger partial charge in [0, 0.05) is 11.6 Å². The van der Waals surface area contributed by atoms with E-state index in [-0.39, 0.29) is 68.2 Å². The lowest BCUT2D eigenvalue weighted by Gasteiger charge is -2.18. The van der Waals surface area contributed by atoms with Gasteiger partial charge in [0.05, 0.1) is 44.0 Å². The molecular weight excluding hydrogens is 526 g/mol. The molecule has 2 aromatic carbocycles. The number of carbonyl (C=O) groups excluding carboxylic acids is 2. The van der Waals surface area contributed by atoms with Crippen LogP contribution in [0.4, 0.5) is 20.2 Å². The van der Waals surface area contributed by atoms with E-state index in [4.69, 9.17) is 21.4 Å². The van der Waals surface area contributed by atoms with Crippen molar-refractivity contribution in [1.29, 1.82) is 0 Å². The number of fused-ring (bicyclic) bond motifs is 1. The van der Waals surface area contributed by atoms with Crippen LogP contribution >= 0.6 is 11.6 Å². The summed E-state index contributed by atoms with van der Waals surface area (Å²) in [5, 5.41) is 18.0. The molecule has 1 aliphatic rings. The zero-order chi connectivity index (χ0) is 27.4. The van der Waals surface area contributed by atoms with Gasteiger partial charge in [0.15, 0.2) is 5.02 Å². The van der Waals surface area contributed by atoms with Crippen molar-refractivity contribution >= 4 is 34.8 Å². The molecule has 2 heterocycles. The first-order valence-electron chi connectivity index (χ1n) is 11.5. The maximum absolute atomic E-state index is 13.9. The third-order valence-electron chi connectivity index (χ3n) is 5.84. The number of aliphatic hydroxyl groups is 2. The minimum Gasteiger partial charge on any atom is -0.471 e. The van der Waals surface area contributed by atoms with Crippen molar-refractivity contribution in [2.75, 3.05) is 29.7 Å². The lowest BCUT2D eigenvalue weighted by molar-refractivity contribution is -0.119. The Labute approximate surface area is 220 Å². The van der Waals surface area contributed by atoms with E-state index >= 15 is 0 Å². The third kappa shape index (κ3) is 5.67. The molecule has 3 aromatic rings. The molecule has 0 radical (unpaired) electrons. The number of amides is 2. The molecule has 200 valence electrons. The second kappa shape index (κ2) is 11.7. The molecular formula is C25H23ClF2N4O6. The molecule has 4 rings (SSSR count). The van der Waals surface area contributed by atoms with Crippen LogP contribution in [0.15, 0.2) is 47.5 Å². The average Bonchev–Trinajstić information content (AvgIpc) is 3.27. The molecule has 0 bridgehead atoms. The van der Waals surface area contributed by atoms with E-state index in [9.17, 15) is 28.3 Å². The molecule has 1 aromatic heterocycles. The average molecular weight is 549 g/mol. The monoisotopic (exact) mass is 548 g/mol. The van der Waals surface area contributed by atoms with Crippen LogP contribution in [0.2, 0.25) is 5.02 Å². The van der Waals surface area contributed by atoms with Gasteiger partial charge < -0.3 is 14.9 Å². The molecule has 0 atom stereocenters. The number of aliphatic hydroxyl groups excluding tert-OH is 2. The molecule has 38 heavy (non-hydrogen) atoms. The highest BCUT2D eigenvalue weighted by atomic mass is 35.5.